The lowest BCUT2D eigenvalue weighted by Crippen LogP contribution is -2.28. The molecular weight excluding hydrogens is 675 g/mol. The van der Waals surface area contributed by atoms with Gasteiger partial charge in [0.05, 0.1) is 11.0 Å². The van der Waals surface area contributed by atoms with Crippen LogP contribution in [0.1, 0.15) is 22.3 Å². The van der Waals surface area contributed by atoms with Crippen LogP contribution in [0, 0.1) is 0 Å². The van der Waals surface area contributed by atoms with Gasteiger partial charge in [-0.3, -0.25) is 0 Å². The normalized spacial score (nSPS) is 13.2. The maximum absolute atomic E-state index is 6.91. The molecule has 5 heteroatoms. The van der Waals surface area contributed by atoms with Crippen molar-refractivity contribution in [3.63, 3.8) is 0 Å². The Morgan fingerprint density at radius 2 is 0.945 bits per heavy atom. The number of para-hydroxylation sites is 1. The van der Waals surface area contributed by atoms with Crippen LogP contribution in [0.25, 0.3) is 56.1 Å². The number of benzene rings is 8. The number of fused-ring (bicyclic) bond motifs is 6. The molecule has 55 heavy (non-hydrogen) atoms. The molecule has 11 rings (SSSR count). The summed E-state index contributed by atoms with van der Waals surface area (Å²) in [6.07, 6.45) is 0. The van der Waals surface area contributed by atoms with Crippen LogP contribution in [0.2, 0.25) is 0 Å². The van der Waals surface area contributed by atoms with Crippen LogP contribution in [0.15, 0.2) is 188 Å². The second-order valence-corrected chi connectivity index (χ2v) is 13.9. The van der Waals surface area contributed by atoms with E-state index in [9.17, 15) is 0 Å². The molecule has 0 saturated carbocycles. The maximum Gasteiger partial charge on any atom is 0.181 e. The van der Waals surface area contributed by atoms with Gasteiger partial charge in [-0.05, 0) is 74.5 Å². The Balaban J connectivity index is 1.08. The van der Waals surface area contributed by atoms with Gasteiger partial charge in [-0.1, -0.05) is 158 Å². The summed E-state index contributed by atoms with van der Waals surface area (Å²) in [6, 6.07) is 65.0. The fourth-order valence-electron chi connectivity index (χ4n) is 8.38. The minimum absolute atomic E-state index is 0.500. The van der Waals surface area contributed by atoms with Crippen LogP contribution in [0.3, 0.4) is 0 Å². The molecule has 0 N–H and O–H groups in total. The predicted molar refractivity (Wildman–Crippen MR) is 218 cm³/mol. The molecule has 1 aliphatic heterocycles. The van der Waals surface area contributed by atoms with Gasteiger partial charge < -0.3 is 9.47 Å². The lowest BCUT2D eigenvalue weighted by molar-refractivity contribution is 0.360. The minimum atomic E-state index is -0.549. The van der Waals surface area contributed by atoms with E-state index >= 15 is 0 Å². The Bertz CT molecular complexity index is 2890. The van der Waals surface area contributed by atoms with Gasteiger partial charge in [-0.2, -0.15) is 0 Å². The number of aromatic nitrogens is 3. The number of hydrogen-bond donors (Lipinski definition) is 0. The lowest BCUT2D eigenvalue weighted by atomic mass is 9.67. The van der Waals surface area contributed by atoms with Crippen molar-refractivity contribution in [2.45, 2.75) is 5.41 Å². The minimum Gasteiger partial charge on any atom is -0.449 e. The molecule has 0 saturated heterocycles. The average Bonchev–Trinajstić information content (AvgIpc) is 3.55. The predicted octanol–water partition coefficient (Wildman–Crippen LogP) is 12.3. The molecule has 2 heterocycles. The van der Waals surface area contributed by atoms with Gasteiger partial charge in [-0.25, -0.2) is 15.0 Å². The first-order chi connectivity index (χ1) is 27.2. The highest BCUT2D eigenvalue weighted by Gasteiger charge is 2.47. The Kier molecular flexibility index (Phi) is 7.01. The van der Waals surface area contributed by atoms with Crippen LogP contribution in [-0.4, -0.2) is 15.0 Å². The van der Waals surface area contributed by atoms with Crippen LogP contribution < -0.4 is 9.47 Å². The van der Waals surface area contributed by atoms with Gasteiger partial charge in [0.15, 0.2) is 40.5 Å². The summed E-state index contributed by atoms with van der Waals surface area (Å²) < 4.78 is 13.7. The third-order valence-electron chi connectivity index (χ3n) is 10.8. The summed E-state index contributed by atoms with van der Waals surface area (Å²) in [5.74, 6) is 4.11. The molecule has 0 amide bonds. The first kappa shape index (κ1) is 31.2. The molecule has 1 aromatic heterocycles. The summed E-state index contributed by atoms with van der Waals surface area (Å²) in [7, 11) is 0. The summed E-state index contributed by atoms with van der Waals surface area (Å²) in [5, 5.41) is 2.27. The Hall–Kier alpha value is -7.37. The van der Waals surface area contributed by atoms with Crippen molar-refractivity contribution in [2.75, 3.05) is 0 Å². The standard InChI is InChI=1S/C50H31N3O2/c1-4-16-33(17-5-1)47-51-48(35-28-27-32-15-10-11-18-34(32)29-35)53-49(52-47)39-24-14-26-43-46(39)55-44-30-40-38-23-12-13-25-41(38)50(36-19-6-2-7-20-36,37-21-8-3-9-22-37)42(40)31-45(44)54-43/h1-31H. The molecule has 9 aromatic rings. The number of rotatable bonds is 5. The zero-order chi connectivity index (χ0) is 36.3. The van der Waals surface area contributed by atoms with Crippen molar-refractivity contribution in [3.05, 3.63) is 210 Å². The van der Waals surface area contributed by atoms with Crippen LogP contribution in [0.5, 0.6) is 23.0 Å². The zero-order valence-corrected chi connectivity index (χ0v) is 29.6. The van der Waals surface area contributed by atoms with E-state index in [1.165, 1.54) is 22.3 Å². The molecule has 0 spiro atoms. The van der Waals surface area contributed by atoms with Crippen molar-refractivity contribution in [2.24, 2.45) is 0 Å². The fourth-order valence-corrected chi connectivity index (χ4v) is 8.38. The topological polar surface area (TPSA) is 57.1 Å². The number of ether oxygens (including phenoxy) is 2. The maximum atomic E-state index is 6.91. The third kappa shape index (κ3) is 4.90. The van der Waals surface area contributed by atoms with Crippen molar-refractivity contribution in [1.82, 2.24) is 15.0 Å². The fraction of sp³-hybridized carbons (Fsp3) is 0.0200. The second kappa shape index (κ2) is 12.4. The zero-order valence-electron chi connectivity index (χ0n) is 29.6. The van der Waals surface area contributed by atoms with Crippen molar-refractivity contribution in [3.8, 4) is 68.3 Å². The van der Waals surface area contributed by atoms with Crippen molar-refractivity contribution < 1.29 is 9.47 Å². The highest BCUT2D eigenvalue weighted by molar-refractivity contribution is 5.89. The van der Waals surface area contributed by atoms with Crippen molar-refractivity contribution >= 4 is 10.8 Å². The van der Waals surface area contributed by atoms with E-state index in [0.717, 1.165) is 33.0 Å². The molecule has 8 aromatic carbocycles. The van der Waals surface area contributed by atoms with E-state index in [2.05, 4.69) is 127 Å². The molecular formula is C50H31N3O2. The number of nitrogens with zero attached hydrogens (tertiary/aromatic N) is 3. The number of hydrogen-bond acceptors (Lipinski definition) is 5. The lowest BCUT2D eigenvalue weighted by Gasteiger charge is -2.34. The van der Waals surface area contributed by atoms with E-state index in [4.69, 9.17) is 24.4 Å². The van der Waals surface area contributed by atoms with E-state index in [0.29, 0.717) is 46.0 Å². The van der Waals surface area contributed by atoms with E-state index in [1.807, 2.05) is 60.7 Å². The van der Waals surface area contributed by atoms with E-state index < -0.39 is 5.41 Å². The average molecular weight is 706 g/mol. The Labute approximate surface area is 318 Å². The molecule has 0 bridgehead atoms. The quantitative estimate of drug-likeness (QED) is 0.178. The van der Waals surface area contributed by atoms with Crippen molar-refractivity contribution in [1.29, 1.82) is 0 Å². The van der Waals surface area contributed by atoms with Gasteiger partial charge in [0.25, 0.3) is 0 Å². The molecule has 2 aliphatic rings. The highest BCUT2D eigenvalue weighted by Crippen LogP contribution is 2.60. The van der Waals surface area contributed by atoms with Gasteiger partial charge in [-0.15, -0.1) is 0 Å². The molecule has 0 radical (unpaired) electrons. The van der Waals surface area contributed by atoms with E-state index in [-0.39, 0.29) is 0 Å². The second-order valence-electron chi connectivity index (χ2n) is 13.9. The largest absolute Gasteiger partial charge is 0.449 e. The smallest absolute Gasteiger partial charge is 0.181 e. The highest BCUT2D eigenvalue weighted by atomic mass is 16.6. The van der Waals surface area contributed by atoms with Crippen LogP contribution in [0.4, 0.5) is 0 Å². The molecule has 0 atom stereocenters. The Morgan fingerprint density at radius 1 is 0.345 bits per heavy atom. The van der Waals surface area contributed by atoms with Gasteiger partial charge >= 0.3 is 0 Å². The third-order valence-corrected chi connectivity index (χ3v) is 10.8. The van der Waals surface area contributed by atoms with E-state index in [1.54, 1.807) is 0 Å². The summed E-state index contributed by atoms with van der Waals surface area (Å²) in [5.41, 5.74) is 9.01. The summed E-state index contributed by atoms with van der Waals surface area (Å²) >= 11 is 0. The molecule has 0 unspecified atom stereocenters. The monoisotopic (exact) mass is 705 g/mol. The van der Waals surface area contributed by atoms with Gasteiger partial charge in [0.2, 0.25) is 0 Å². The van der Waals surface area contributed by atoms with Gasteiger partial charge in [0.1, 0.15) is 0 Å². The van der Waals surface area contributed by atoms with Crippen LogP contribution in [-0.2, 0) is 5.41 Å². The summed E-state index contributed by atoms with van der Waals surface area (Å²) in [4.78, 5) is 15.1. The molecule has 258 valence electrons. The van der Waals surface area contributed by atoms with Crippen LogP contribution >= 0.6 is 0 Å². The Morgan fingerprint density at radius 3 is 1.71 bits per heavy atom. The molecule has 1 aliphatic carbocycles. The SMILES string of the molecule is c1ccc(-c2nc(-c3ccc4ccccc4c3)nc(-c3cccc4c3Oc3cc5c(cc3O4)C(c3ccccc3)(c3ccccc3)c3ccccc3-5)n2)cc1. The molecule has 5 nitrogen and oxygen atoms in total. The first-order valence-electron chi connectivity index (χ1n) is 18.4. The first-order valence-corrected chi connectivity index (χ1v) is 18.4. The summed E-state index contributed by atoms with van der Waals surface area (Å²) in [6.45, 7) is 0. The van der Waals surface area contributed by atoms with Gasteiger partial charge in [0, 0.05) is 11.1 Å². The molecule has 0 fully saturated rings.